The van der Waals surface area contributed by atoms with Crippen molar-refractivity contribution >= 4 is 60.2 Å². The summed E-state index contributed by atoms with van der Waals surface area (Å²) in [6, 6.07) is 6.86. The highest BCUT2D eigenvalue weighted by Crippen LogP contribution is 2.30. The molecule has 20 heavy (non-hydrogen) atoms. The molecule has 2 rings (SSSR count). The van der Waals surface area contributed by atoms with Gasteiger partial charge in [-0.15, -0.1) is 11.3 Å². The third kappa shape index (κ3) is 3.20. The molecule has 4 nitrogen and oxygen atoms in total. The number of nitrogens with one attached hydrogen (secondary N) is 1. The first-order chi connectivity index (χ1) is 9.31. The van der Waals surface area contributed by atoms with Crippen molar-refractivity contribution in [3.05, 3.63) is 45.2 Å². The first-order valence-corrected chi connectivity index (χ1v) is 9.04. The molecule has 1 aromatic heterocycles. The van der Waals surface area contributed by atoms with Gasteiger partial charge in [0, 0.05) is 10.0 Å². The van der Waals surface area contributed by atoms with Crippen molar-refractivity contribution < 1.29 is 8.42 Å². The van der Waals surface area contributed by atoms with Crippen LogP contribution in [0.4, 0.5) is 5.69 Å². The Morgan fingerprint density at radius 3 is 2.65 bits per heavy atom. The number of hydrogen-bond donors (Lipinski definition) is 2. The van der Waals surface area contributed by atoms with Gasteiger partial charge in [-0.25, -0.2) is 8.42 Å². The van der Waals surface area contributed by atoms with Crippen LogP contribution in [-0.4, -0.2) is 13.4 Å². The minimum atomic E-state index is -3.63. The predicted molar refractivity (Wildman–Crippen MR) is 89.9 cm³/mol. The number of thiophene rings is 1. The summed E-state index contributed by atoms with van der Waals surface area (Å²) in [4.78, 5) is 0.225. The second kappa shape index (κ2) is 5.80. The number of benzene rings is 1. The zero-order valence-electron chi connectivity index (χ0n) is 10.4. The summed E-state index contributed by atoms with van der Waals surface area (Å²) in [5.41, 5.74) is 7.44. The molecule has 0 amide bonds. The predicted octanol–water partition coefficient (Wildman–Crippen LogP) is 3.25. The maximum atomic E-state index is 12.3. The van der Waals surface area contributed by atoms with E-state index in [-0.39, 0.29) is 9.20 Å². The van der Waals surface area contributed by atoms with Crippen LogP contribution >= 0.6 is 39.5 Å². The van der Waals surface area contributed by atoms with Crippen molar-refractivity contribution in [2.75, 3.05) is 4.72 Å². The number of nitrogens with two attached hydrogens (primary N) is 1. The second-order valence-electron chi connectivity index (χ2n) is 4.06. The van der Waals surface area contributed by atoms with E-state index in [1.54, 1.807) is 29.6 Å². The Bertz CT molecular complexity index is 769. The fraction of sp³-hybridized carbons (Fsp3) is 0.0833. The molecule has 0 atom stereocenters. The average Bonchev–Trinajstić information content (AvgIpc) is 2.78. The smallest absolute Gasteiger partial charge is 0.272 e. The van der Waals surface area contributed by atoms with Crippen LogP contribution in [0.15, 0.2) is 38.3 Å². The van der Waals surface area contributed by atoms with E-state index >= 15 is 0 Å². The van der Waals surface area contributed by atoms with Gasteiger partial charge >= 0.3 is 0 Å². The van der Waals surface area contributed by atoms with Crippen LogP contribution in [0.3, 0.4) is 0 Å². The number of rotatable bonds is 4. The number of halogens is 1. The maximum Gasteiger partial charge on any atom is 0.272 e. The molecule has 1 heterocycles. The fourth-order valence-electron chi connectivity index (χ4n) is 1.55. The molecule has 0 spiro atoms. The summed E-state index contributed by atoms with van der Waals surface area (Å²) in [5.74, 6) is 0. The van der Waals surface area contributed by atoms with Crippen molar-refractivity contribution in [2.24, 2.45) is 5.73 Å². The van der Waals surface area contributed by atoms with Crippen molar-refractivity contribution in [1.29, 1.82) is 0 Å². The summed E-state index contributed by atoms with van der Waals surface area (Å²) in [7, 11) is -3.63. The quantitative estimate of drug-likeness (QED) is 0.785. The molecule has 0 unspecified atom stereocenters. The van der Waals surface area contributed by atoms with Gasteiger partial charge in [0.2, 0.25) is 0 Å². The number of thiocarbonyl (C=S) groups is 1. The average molecular weight is 391 g/mol. The number of sulfonamides is 1. The number of hydrogen-bond acceptors (Lipinski definition) is 4. The standard InChI is InChI=1S/C12H11BrN2O2S3/c1-7-2-3-8(11(14)18)6-10(7)15-20(16,17)12-9(13)4-5-19-12/h2-6,15H,1H3,(H2,14,18). The molecule has 106 valence electrons. The second-order valence-corrected chi connectivity index (χ2v) is 8.14. The van der Waals surface area contributed by atoms with Gasteiger partial charge in [-0.2, -0.15) is 0 Å². The van der Waals surface area contributed by atoms with Gasteiger partial charge in [0.05, 0.1) is 5.69 Å². The van der Waals surface area contributed by atoms with Crippen LogP contribution < -0.4 is 10.5 Å². The maximum absolute atomic E-state index is 12.3. The van der Waals surface area contributed by atoms with Crippen LogP contribution in [-0.2, 0) is 10.0 Å². The van der Waals surface area contributed by atoms with Crippen LogP contribution in [0.5, 0.6) is 0 Å². The van der Waals surface area contributed by atoms with E-state index in [2.05, 4.69) is 20.7 Å². The number of aryl methyl sites for hydroxylation is 1. The molecule has 2 aromatic rings. The molecule has 0 fully saturated rings. The first kappa shape index (κ1) is 15.4. The Kier molecular flexibility index (Phi) is 4.48. The Morgan fingerprint density at radius 1 is 1.40 bits per heavy atom. The van der Waals surface area contributed by atoms with E-state index in [0.717, 1.165) is 16.9 Å². The molecule has 0 aliphatic carbocycles. The van der Waals surface area contributed by atoms with Gasteiger partial charge in [0.15, 0.2) is 4.21 Å². The molecule has 1 aromatic carbocycles. The lowest BCUT2D eigenvalue weighted by molar-refractivity contribution is 0.603. The Morgan fingerprint density at radius 2 is 2.10 bits per heavy atom. The normalized spacial score (nSPS) is 11.3. The van der Waals surface area contributed by atoms with Gasteiger partial charge in [0.1, 0.15) is 4.99 Å². The van der Waals surface area contributed by atoms with Gasteiger partial charge in [-0.3, -0.25) is 4.72 Å². The minimum absolute atomic E-state index is 0.225. The van der Waals surface area contributed by atoms with Crippen LogP contribution in [0.25, 0.3) is 0 Å². The van der Waals surface area contributed by atoms with Crippen molar-refractivity contribution in [2.45, 2.75) is 11.1 Å². The minimum Gasteiger partial charge on any atom is -0.389 e. The fourth-order valence-corrected chi connectivity index (χ4v) is 5.14. The largest absolute Gasteiger partial charge is 0.389 e. The van der Waals surface area contributed by atoms with Crippen molar-refractivity contribution in [3.8, 4) is 0 Å². The summed E-state index contributed by atoms with van der Waals surface area (Å²) in [6.07, 6.45) is 0. The van der Waals surface area contributed by atoms with Crippen molar-refractivity contribution in [1.82, 2.24) is 0 Å². The monoisotopic (exact) mass is 390 g/mol. The molecule has 0 bridgehead atoms. The van der Waals surface area contributed by atoms with E-state index in [9.17, 15) is 8.42 Å². The van der Waals surface area contributed by atoms with E-state index < -0.39 is 10.0 Å². The van der Waals surface area contributed by atoms with E-state index in [0.29, 0.717) is 15.7 Å². The number of anilines is 1. The summed E-state index contributed by atoms with van der Waals surface area (Å²) >= 11 is 9.27. The highest BCUT2D eigenvalue weighted by Gasteiger charge is 2.20. The zero-order valence-corrected chi connectivity index (χ0v) is 14.4. The molecular weight excluding hydrogens is 380 g/mol. The highest BCUT2D eigenvalue weighted by atomic mass is 79.9. The molecule has 0 saturated heterocycles. The third-order valence-corrected chi connectivity index (χ3v) is 6.87. The van der Waals surface area contributed by atoms with Gasteiger partial charge < -0.3 is 5.73 Å². The van der Waals surface area contributed by atoms with Gasteiger partial charge in [-0.1, -0.05) is 24.4 Å². The Labute approximate surface area is 135 Å². The Balaban J connectivity index is 2.42. The van der Waals surface area contributed by atoms with E-state index in [1.165, 1.54) is 0 Å². The third-order valence-electron chi connectivity index (χ3n) is 2.59. The van der Waals surface area contributed by atoms with Crippen LogP contribution in [0.2, 0.25) is 0 Å². The summed E-state index contributed by atoms with van der Waals surface area (Å²) < 4.78 is 28.0. The van der Waals surface area contributed by atoms with Crippen molar-refractivity contribution in [3.63, 3.8) is 0 Å². The van der Waals surface area contributed by atoms with Gasteiger partial charge in [0.25, 0.3) is 10.0 Å². The van der Waals surface area contributed by atoms with Crippen LogP contribution in [0, 0.1) is 6.92 Å². The van der Waals surface area contributed by atoms with Gasteiger partial charge in [-0.05, 0) is 45.9 Å². The molecule has 0 aliphatic heterocycles. The summed E-state index contributed by atoms with van der Waals surface area (Å²) in [5, 5.41) is 1.71. The molecule has 8 heteroatoms. The molecule has 0 saturated carbocycles. The Hall–Kier alpha value is -0.960. The first-order valence-electron chi connectivity index (χ1n) is 5.47. The molecule has 0 aliphatic rings. The molecule has 0 radical (unpaired) electrons. The van der Waals surface area contributed by atoms with E-state index in [4.69, 9.17) is 18.0 Å². The molecular formula is C12H11BrN2O2S3. The lowest BCUT2D eigenvalue weighted by Gasteiger charge is -2.11. The summed E-state index contributed by atoms with van der Waals surface area (Å²) in [6.45, 7) is 1.81. The lowest BCUT2D eigenvalue weighted by Crippen LogP contribution is -2.15. The topological polar surface area (TPSA) is 72.2 Å². The zero-order chi connectivity index (χ0) is 14.9. The highest BCUT2D eigenvalue weighted by molar-refractivity contribution is 9.10. The lowest BCUT2D eigenvalue weighted by atomic mass is 10.1. The van der Waals surface area contributed by atoms with E-state index in [1.807, 2.05) is 6.92 Å². The molecule has 3 N–H and O–H groups in total. The van der Waals surface area contributed by atoms with Crippen LogP contribution in [0.1, 0.15) is 11.1 Å². The SMILES string of the molecule is Cc1ccc(C(N)=S)cc1NS(=O)(=O)c1sccc1Br.